The second-order valence-electron chi connectivity index (χ2n) is 5.29. The summed E-state index contributed by atoms with van der Waals surface area (Å²) >= 11 is 0. The van der Waals surface area contributed by atoms with Crippen LogP contribution < -0.4 is 5.56 Å². The third kappa shape index (κ3) is 2.24. The van der Waals surface area contributed by atoms with Crippen molar-refractivity contribution in [1.82, 2.24) is 4.57 Å². The summed E-state index contributed by atoms with van der Waals surface area (Å²) in [6, 6.07) is 5.20. The van der Waals surface area contributed by atoms with Gasteiger partial charge in [-0.2, -0.15) is 13.2 Å². The molecule has 0 atom stereocenters. The maximum atomic E-state index is 13.1. The van der Waals surface area contributed by atoms with Crippen LogP contribution in [0.4, 0.5) is 13.2 Å². The van der Waals surface area contributed by atoms with Crippen molar-refractivity contribution in [2.45, 2.75) is 19.6 Å². The van der Waals surface area contributed by atoms with Gasteiger partial charge in [-0.05, 0) is 36.2 Å². The summed E-state index contributed by atoms with van der Waals surface area (Å²) in [7, 11) is 1.60. The van der Waals surface area contributed by atoms with Gasteiger partial charge in [0.05, 0.1) is 12.1 Å². The number of halogens is 3. The molecule has 0 fully saturated rings. The van der Waals surface area contributed by atoms with Crippen LogP contribution in [0.2, 0.25) is 0 Å². The number of rotatable bonds is 1. The van der Waals surface area contributed by atoms with E-state index in [9.17, 15) is 18.0 Å². The van der Waals surface area contributed by atoms with Gasteiger partial charge < -0.3 is 4.57 Å². The van der Waals surface area contributed by atoms with E-state index in [1.54, 1.807) is 26.3 Å². The molecule has 0 radical (unpaired) electrons. The zero-order valence-corrected chi connectivity index (χ0v) is 12.0. The first-order valence-electron chi connectivity index (χ1n) is 6.70. The number of fused-ring (bicyclic) bond motifs is 1. The quantitative estimate of drug-likeness (QED) is 0.796. The summed E-state index contributed by atoms with van der Waals surface area (Å²) in [5.74, 6) is 0. The molecule has 2 aromatic rings. The first kappa shape index (κ1) is 14.6. The molecule has 0 N–H and O–H groups in total. The lowest BCUT2D eigenvalue weighted by molar-refractivity contribution is -0.137. The second kappa shape index (κ2) is 4.83. The Morgan fingerprint density at radius 3 is 2.59 bits per heavy atom. The largest absolute Gasteiger partial charge is 0.416 e. The molecule has 3 rings (SSSR count). The van der Waals surface area contributed by atoms with Crippen LogP contribution in [0.25, 0.3) is 11.1 Å². The highest BCUT2D eigenvalue weighted by molar-refractivity contribution is 5.94. The molecule has 6 heteroatoms. The molecule has 0 amide bonds. The monoisotopic (exact) mass is 306 g/mol. The summed E-state index contributed by atoms with van der Waals surface area (Å²) in [5.41, 5.74) is 2.04. The van der Waals surface area contributed by atoms with E-state index in [-0.39, 0.29) is 12.1 Å². The van der Waals surface area contributed by atoms with Gasteiger partial charge in [0, 0.05) is 36.1 Å². The van der Waals surface area contributed by atoms with Crippen LogP contribution in [0.3, 0.4) is 0 Å². The minimum absolute atomic E-state index is 0.196. The maximum absolute atomic E-state index is 13.1. The Kier molecular flexibility index (Phi) is 3.20. The van der Waals surface area contributed by atoms with Crippen molar-refractivity contribution in [2.75, 3.05) is 0 Å². The molecular weight excluding hydrogens is 293 g/mol. The van der Waals surface area contributed by atoms with Crippen molar-refractivity contribution in [3.8, 4) is 11.1 Å². The van der Waals surface area contributed by atoms with Crippen LogP contribution in [-0.4, -0.2) is 10.8 Å². The Balaban J connectivity index is 2.31. The SMILES string of the molecule is Cc1c(-c2cc(C(F)(F)F)cc3c2C=NC3)ccc(=O)n1C. The molecular formula is C16H13F3N2O. The molecule has 22 heavy (non-hydrogen) atoms. The van der Waals surface area contributed by atoms with Gasteiger partial charge >= 0.3 is 6.18 Å². The zero-order chi connectivity index (χ0) is 16.1. The van der Waals surface area contributed by atoms with E-state index in [1.165, 1.54) is 10.6 Å². The third-order valence-corrected chi connectivity index (χ3v) is 3.98. The molecule has 1 aliphatic rings. The fourth-order valence-electron chi connectivity index (χ4n) is 2.64. The minimum Gasteiger partial charge on any atom is -0.315 e. The first-order valence-corrected chi connectivity index (χ1v) is 6.70. The van der Waals surface area contributed by atoms with E-state index >= 15 is 0 Å². The van der Waals surface area contributed by atoms with Crippen LogP contribution in [0.5, 0.6) is 0 Å². The number of hydrogen-bond donors (Lipinski definition) is 0. The lowest BCUT2D eigenvalue weighted by Gasteiger charge is -2.16. The Morgan fingerprint density at radius 2 is 1.91 bits per heavy atom. The van der Waals surface area contributed by atoms with Crippen molar-refractivity contribution in [3.63, 3.8) is 0 Å². The smallest absolute Gasteiger partial charge is 0.315 e. The van der Waals surface area contributed by atoms with Gasteiger partial charge in [0.2, 0.25) is 5.56 Å². The highest BCUT2D eigenvalue weighted by Crippen LogP contribution is 2.37. The van der Waals surface area contributed by atoms with Crippen LogP contribution in [0.15, 0.2) is 34.1 Å². The number of alkyl halides is 3. The Morgan fingerprint density at radius 1 is 1.18 bits per heavy atom. The molecule has 0 unspecified atom stereocenters. The third-order valence-electron chi connectivity index (χ3n) is 3.98. The van der Waals surface area contributed by atoms with Crippen molar-refractivity contribution in [1.29, 1.82) is 0 Å². The number of aromatic nitrogens is 1. The van der Waals surface area contributed by atoms with Crippen LogP contribution in [0, 0.1) is 6.92 Å². The highest BCUT2D eigenvalue weighted by Gasteiger charge is 2.33. The van der Waals surface area contributed by atoms with E-state index in [4.69, 9.17) is 0 Å². The van der Waals surface area contributed by atoms with Gasteiger partial charge in [-0.3, -0.25) is 9.79 Å². The predicted molar refractivity (Wildman–Crippen MR) is 78.2 cm³/mol. The number of nitrogens with zero attached hydrogens (tertiary/aromatic N) is 2. The lowest BCUT2D eigenvalue weighted by atomic mass is 9.93. The molecule has 0 saturated carbocycles. The van der Waals surface area contributed by atoms with Gasteiger partial charge in [0.15, 0.2) is 0 Å². The van der Waals surface area contributed by atoms with Gasteiger partial charge in [0.25, 0.3) is 0 Å². The van der Waals surface area contributed by atoms with E-state index in [2.05, 4.69) is 4.99 Å². The van der Waals surface area contributed by atoms with Crippen LogP contribution >= 0.6 is 0 Å². The van der Waals surface area contributed by atoms with Crippen LogP contribution in [0.1, 0.15) is 22.4 Å². The fraction of sp³-hybridized carbons (Fsp3) is 0.250. The molecule has 2 heterocycles. The summed E-state index contributed by atoms with van der Waals surface area (Å²) in [4.78, 5) is 15.7. The van der Waals surface area contributed by atoms with E-state index in [0.29, 0.717) is 27.9 Å². The molecule has 0 bridgehead atoms. The molecule has 0 spiro atoms. The van der Waals surface area contributed by atoms with E-state index in [0.717, 1.165) is 12.1 Å². The molecule has 0 saturated heterocycles. The Hall–Kier alpha value is -2.37. The first-order chi connectivity index (χ1) is 10.3. The van der Waals surface area contributed by atoms with Crippen molar-refractivity contribution >= 4 is 6.21 Å². The fourth-order valence-corrected chi connectivity index (χ4v) is 2.64. The molecule has 1 aliphatic heterocycles. The number of benzene rings is 1. The summed E-state index contributed by atoms with van der Waals surface area (Å²) < 4.78 is 40.7. The van der Waals surface area contributed by atoms with Crippen molar-refractivity contribution in [2.24, 2.45) is 12.0 Å². The molecule has 3 nitrogen and oxygen atoms in total. The Labute approximate surface area is 124 Å². The maximum Gasteiger partial charge on any atom is 0.416 e. The zero-order valence-electron chi connectivity index (χ0n) is 12.0. The standard InChI is InChI=1S/C16H13F3N2O/c1-9-12(3-4-15(22)21(9)2)13-6-11(16(17,18)19)5-10-7-20-8-14(10)13/h3-6,8H,7H2,1-2H3. The Bertz CT molecular complexity index is 848. The second-order valence-corrected chi connectivity index (χ2v) is 5.29. The average molecular weight is 306 g/mol. The molecule has 0 aliphatic carbocycles. The summed E-state index contributed by atoms with van der Waals surface area (Å²) in [6.45, 7) is 1.96. The normalized spacial score (nSPS) is 13.5. The van der Waals surface area contributed by atoms with Crippen molar-refractivity contribution < 1.29 is 13.2 Å². The number of aliphatic imine (C=N–C) groups is 1. The number of pyridine rings is 1. The van der Waals surface area contributed by atoms with Gasteiger partial charge in [-0.25, -0.2) is 0 Å². The summed E-state index contributed by atoms with van der Waals surface area (Å²) in [5, 5.41) is 0. The van der Waals surface area contributed by atoms with Gasteiger partial charge in [-0.15, -0.1) is 0 Å². The van der Waals surface area contributed by atoms with Gasteiger partial charge in [-0.1, -0.05) is 0 Å². The minimum atomic E-state index is -4.42. The average Bonchev–Trinajstić information content (AvgIpc) is 2.92. The van der Waals surface area contributed by atoms with Crippen LogP contribution in [-0.2, 0) is 19.8 Å². The van der Waals surface area contributed by atoms with E-state index in [1.807, 2.05) is 0 Å². The van der Waals surface area contributed by atoms with Gasteiger partial charge in [0.1, 0.15) is 0 Å². The topological polar surface area (TPSA) is 34.4 Å². The molecule has 114 valence electrons. The summed E-state index contributed by atoms with van der Waals surface area (Å²) in [6.07, 6.45) is -2.82. The highest BCUT2D eigenvalue weighted by atomic mass is 19.4. The van der Waals surface area contributed by atoms with E-state index < -0.39 is 11.7 Å². The molecule has 1 aromatic heterocycles. The molecule has 1 aromatic carbocycles. The lowest BCUT2D eigenvalue weighted by Crippen LogP contribution is -2.18. The number of hydrogen-bond acceptors (Lipinski definition) is 2. The predicted octanol–water partition coefficient (Wildman–Crippen LogP) is 3.31. The van der Waals surface area contributed by atoms with Crippen molar-refractivity contribution in [3.05, 3.63) is 57.0 Å².